The second-order valence-corrected chi connectivity index (χ2v) is 3.57. The number of halogens is 2. The Balaban J connectivity index is 0.000000980. The molecule has 3 N–H and O–H groups in total. The molecule has 0 aromatic heterocycles. The van der Waals surface area contributed by atoms with E-state index < -0.39 is 5.82 Å². The zero-order valence-corrected chi connectivity index (χ0v) is 8.43. The summed E-state index contributed by atoms with van der Waals surface area (Å²) in [5.41, 5.74) is 6.65. The third-order valence-electron chi connectivity index (χ3n) is 2.49. The van der Waals surface area contributed by atoms with Crippen LogP contribution in [0.5, 0.6) is 5.75 Å². The van der Waals surface area contributed by atoms with E-state index in [2.05, 4.69) is 0 Å². The van der Waals surface area contributed by atoms with Crippen LogP contribution in [0.4, 0.5) is 4.39 Å². The standard InChI is InChI=1S/C10H12FNO.ClH/c11-8-5-7(3-4-9(8)13)10(12)6-1-2-6;/h3-6,10,13H,1-2,12H2;1H/t10-;/m1./s1. The summed E-state index contributed by atoms with van der Waals surface area (Å²) >= 11 is 0. The van der Waals surface area contributed by atoms with Crippen LogP contribution in [0.1, 0.15) is 24.4 Å². The number of nitrogens with two attached hydrogens (primary N) is 1. The molecule has 0 aliphatic heterocycles. The van der Waals surface area contributed by atoms with Gasteiger partial charge in [-0.15, -0.1) is 12.4 Å². The average molecular weight is 218 g/mol. The highest BCUT2D eigenvalue weighted by Gasteiger charge is 2.29. The summed E-state index contributed by atoms with van der Waals surface area (Å²) in [4.78, 5) is 0. The maximum atomic E-state index is 12.9. The molecular weight excluding hydrogens is 205 g/mol. The largest absolute Gasteiger partial charge is 0.505 e. The van der Waals surface area contributed by atoms with Crippen LogP contribution >= 0.6 is 12.4 Å². The smallest absolute Gasteiger partial charge is 0.165 e. The zero-order valence-electron chi connectivity index (χ0n) is 7.61. The molecule has 0 amide bonds. The van der Waals surface area contributed by atoms with E-state index in [1.165, 1.54) is 12.1 Å². The maximum absolute atomic E-state index is 12.9. The fraction of sp³-hybridized carbons (Fsp3) is 0.400. The molecule has 2 nitrogen and oxygen atoms in total. The monoisotopic (exact) mass is 217 g/mol. The Morgan fingerprint density at radius 2 is 2.07 bits per heavy atom. The lowest BCUT2D eigenvalue weighted by molar-refractivity contribution is 0.431. The highest BCUT2D eigenvalue weighted by atomic mass is 35.5. The van der Waals surface area contributed by atoms with Crippen LogP contribution in [0.15, 0.2) is 18.2 Å². The minimum Gasteiger partial charge on any atom is -0.505 e. The molecule has 0 spiro atoms. The normalized spacial score (nSPS) is 17.3. The van der Waals surface area contributed by atoms with Crippen molar-refractivity contribution in [3.8, 4) is 5.75 Å². The molecule has 1 aromatic rings. The molecule has 0 bridgehead atoms. The summed E-state index contributed by atoms with van der Waals surface area (Å²) in [7, 11) is 0. The highest BCUT2D eigenvalue weighted by Crippen LogP contribution is 2.39. The van der Waals surface area contributed by atoms with Gasteiger partial charge in [-0.1, -0.05) is 6.07 Å². The lowest BCUT2D eigenvalue weighted by Gasteiger charge is -2.10. The predicted molar refractivity (Wildman–Crippen MR) is 55.0 cm³/mol. The van der Waals surface area contributed by atoms with Crippen molar-refractivity contribution in [2.24, 2.45) is 11.7 Å². The van der Waals surface area contributed by atoms with Gasteiger partial charge in [0.25, 0.3) is 0 Å². The van der Waals surface area contributed by atoms with Gasteiger partial charge in [0.05, 0.1) is 0 Å². The van der Waals surface area contributed by atoms with Crippen LogP contribution < -0.4 is 5.73 Å². The van der Waals surface area contributed by atoms with Gasteiger partial charge in [-0.05, 0) is 36.5 Å². The number of phenolic OH excluding ortho intramolecular Hbond substituents is 1. The van der Waals surface area contributed by atoms with Gasteiger partial charge in [-0.2, -0.15) is 0 Å². The zero-order chi connectivity index (χ0) is 9.42. The maximum Gasteiger partial charge on any atom is 0.165 e. The number of hydrogen-bond acceptors (Lipinski definition) is 2. The Labute approximate surface area is 88.3 Å². The molecule has 0 saturated heterocycles. The summed E-state index contributed by atoms with van der Waals surface area (Å²) in [5.74, 6) is -0.399. The van der Waals surface area contributed by atoms with Crippen molar-refractivity contribution in [2.45, 2.75) is 18.9 Å². The van der Waals surface area contributed by atoms with Crippen LogP contribution in [-0.2, 0) is 0 Å². The van der Waals surface area contributed by atoms with Crippen molar-refractivity contribution < 1.29 is 9.50 Å². The molecule has 1 fully saturated rings. The first-order valence-corrected chi connectivity index (χ1v) is 4.42. The lowest BCUT2D eigenvalue weighted by atomic mass is 10.0. The van der Waals surface area contributed by atoms with Gasteiger partial charge in [0.2, 0.25) is 0 Å². The number of benzene rings is 1. The summed E-state index contributed by atoms with van der Waals surface area (Å²) in [6.45, 7) is 0. The van der Waals surface area contributed by atoms with Gasteiger partial charge >= 0.3 is 0 Å². The van der Waals surface area contributed by atoms with Gasteiger partial charge in [0.15, 0.2) is 11.6 Å². The molecule has 1 aliphatic carbocycles. The Bertz CT molecular complexity index is 328. The van der Waals surface area contributed by atoms with Crippen LogP contribution in [0.3, 0.4) is 0 Å². The lowest BCUT2D eigenvalue weighted by Crippen LogP contribution is -2.12. The quantitative estimate of drug-likeness (QED) is 0.799. The second kappa shape index (κ2) is 4.15. The number of aromatic hydroxyl groups is 1. The molecule has 14 heavy (non-hydrogen) atoms. The van der Waals surface area contributed by atoms with E-state index in [1.54, 1.807) is 6.07 Å². The van der Waals surface area contributed by atoms with Crippen LogP contribution in [0.2, 0.25) is 0 Å². The fourth-order valence-corrected chi connectivity index (χ4v) is 1.46. The molecule has 4 heteroatoms. The van der Waals surface area contributed by atoms with E-state index in [0.29, 0.717) is 5.92 Å². The third kappa shape index (κ3) is 2.16. The van der Waals surface area contributed by atoms with Gasteiger partial charge < -0.3 is 10.8 Å². The van der Waals surface area contributed by atoms with Crippen molar-refractivity contribution in [2.75, 3.05) is 0 Å². The Morgan fingerprint density at radius 3 is 2.57 bits per heavy atom. The molecule has 0 radical (unpaired) electrons. The van der Waals surface area contributed by atoms with Crippen LogP contribution in [0.25, 0.3) is 0 Å². The van der Waals surface area contributed by atoms with E-state index in [-0.39, 0.29) is 24.2 Å². The molecule has 0 unspecified atom stereocenters. The minimum absolute atomic E-state index is 0. The van der Waals surface area contributed by atoms with Gasteiger partial charge in [-0.25, -0.2) is 4.39 Å². The summed E-state index contributed by atoms with van der Waals surface area (Å²) < 4.78 is 12.9. The first-order chi connectivity index (χ1) is 6.18. The summed E-state index contributed by atoms with van der Waals surface area (Å²) in [6.07, 6.45) is 2.26. The second-order valence-electron chi connectivity index (χ2n) is 3.57. The van der Waals surface area contributed by atoms with E-state index in [9.17, 15) is 4.39 Å². The van der Waals surface area contributed by atoms with Crippen molar-refractivity contribution in [1.29, 1.82) is 0 Å². The molecule has 2 rings (SSSR count). The van der Waals surface area contributed by atoms with E-state index >= 15 is 0 Å². The summed E-state index contributed by atoms with van der Waals surface area (Å²) in [6, 6.07) is 4.28. The van der Waals surface area contributed by atoms with E-state index in [4.69, 9.17) is 10.8 Å². The van der Waals surface area contributed by atoms with Crippen molar-refractivity contribution in [3.05, 3.63) is 29.6 Å². The minimum atomic E-state index is -0.589. The van der Waals surface area contributed by atoms with Gasteiger partial charge in [-0.3, -0.25) is 0 Å². The highest BCUT2D eigenvalue weighted by molar-refractivity contribution is 5.85. The number of hydrogen-bond donors (Lipinski definition) is 2. The third-order valence-corrected chi connectivity index (χ3v) is 2.49. The average Bonchev–Trinajstić information content (AvgIpc) is 2.91. The predicted octanol–water partition coefficient (Wildman–Crippen LogP) is 2.36. The number of phenols is 1. The Morgan fingerprint density at radius 1 is 1.43 bits per heavy atom. The SMILES string of the molecule is Cl.N[C@@H](c1ccc(O)c(F)c1)C1CC1. The molecule has 1 aromatic carbocycles. The van der Waals surface area contributed by atoms with E-state index in [1.807, 2.05) is 0 Å². The topological polar surface area (TPSA) is 46.2 Å². The van der Waals surface area contributed by atoms with E-state index in [0.717, 1.165) is 18.4 Å². The van der Waals surface area contributed by atoms with Crippen molar-refractivity contribution >= 4 is 12.4 Å². The van der Waals surface area contributed by atoms with Crippen LogP contribution in [0, 0.1) is 11.7 Å². The molecule has 78 valence electrons. The van der Waals surface area contributed by atoms with Crippen molar-refractivity contribution in [3.63, 3.8) is 0 Å². The first kappa shape index (κ1) is 11.3. The van der Waals surface area contributed by atoms with Gasteiger partial charge in [0, 0.05) is 6.04 Å². The molecule has 1 atom stereocenters. The van der Waals surface area contributed by atoms with Crippen LogP contribution in [-0.4, -0.2) is 5.11 Å². The number of rotatable bonds is 2. The Hall–Kier alpha value is -0.800. The summed E-state index contributed by atoms with van der Waals surface area (Å²) in [5, 5.41) is 8.96. The molecular formula is C10H13ClFNO. The molecule has 1 saturated carbocycles. The molecule has 0 heterocycles. The molecule has 1 aliphatic rings. The van der Waals surface area contributed by atoms with Gasteiger partial charge in [0.1, 0.15) is 0 Å². The fourth-order valence-electron chi connectivity index (χ4n) is 1.46. The van der Waals surface area contributed by atoms with Crippen molar-refractivity contribution in [1.82, 2.24) is 0 Å². The first-order valence-electron chi connectivity index (χ1n) is 4.42. The Kier molecular flexibility index (Phi) is 3.34.